The van der Waals surface area contributed by atoms with Crippen LogP contribution in [0.1, 0.15) is 173 Å². The summed E-state index contributed by atoms with van der Waals surface area (Å²) in [5.41, 5.74) is 0. The third-order valence-electron chi connectivity index (χ3n) is 4.75. The van der Waals surface area contributed by atoms with Crippen molar-refractivity contribution in [2.24, 2.45) is 0 Å². The molecule has 0 aromatic heterocycles. The molecule has 30 heavy (non-hydrogen) atoms. The molecule has 0 bridgehead atoms. The summed E-state index contributed by atoms with van der Waals surface area (Å²) in [5.74, 6) is -0.00172. The quantitative estimate of drug-likeness (QED) is 0.149. The van der Waals surface area contributed by atoms with Crippen molar-refractivity contribution >= 4 is 5.97 Å². The van der Waals surface area contributed by atoms with Gasteiger partial charge in [-0.1, -0.05) is 154 Å². The van der Waals surface area contributed by atoms with Crippen LogP contribution in [0.15, 0.2) is 0 Å². The molecule has 0 unspecified atom stereocenters. The van der Waals surface area contributed by atoms with Gasteiger partial charge < -0.3 is 4.74 Å². The number of hydrogen-bond donors (Lipinski definition) is 0. The number of ether oxygens (including phenoxy) is 1. The molecule has 0 atom stereocenters. The Morgan fingerprint density at radius 3 is 1.13 bits per heavy atom. The minimum atomic E-state index is -0.00172. The van der Waals surface area contributed by atoms with E-state index in [1.54, 1.807) is 0 Å². The number of rotatable bonds is 19. The average Bonchev–Trinajstić information content (AvgIpc) is 2.66. The van der Waals surface area contributed by atoms with Gasteiger partial charge in [-0.05, 0) is 12.8 Å². The second kappa shape index (κ2) is 42.5. The van der Waals surface area contributed by atoms with Gasteiger partial charge in [-0.2, -0.15) is 0 Å². The number of esters is 1. The van der Waals surface area contributed by atoms with Crippen molar-refractivity contribution in [1.29, 1.82) is 0 Å². The summed E-state index contributed by atoms with van der Waals surface area (Å²) in [5, 5.41) is 0. The van der Waals surface area contributed by atoms with Gasteiger partial charge in [-0.15, -0.1) is 0 Å². The summed E-state index contributed by atoms with van der Waals surface area (Å²) in [6, 6.07) is 0. The van der Waals surface area contributed by atoms with Crippen molar-refractivity contribution in [2.45, 2.75) is 173 Å². The molecular weight excluding hydrogens is 368 g/mol. The molecule has 0 spiro atoms. The fourth-order valence-corrected chi connectivity index (χ4v) is 3.04. The zero-order valence-corrected chi connectivity index (χ0v) is 18.8. The van der Waals surface area contributed by atoms with E-state index in [-0.39, 0.29) is 35.7 Å². The van der Waals surface area contributed by atoms with Gasteiger partial charge in [0.05, 0.1) is 6.61 Å². The van der Waals surface area contributed by atoms with Crippen LogP contribution in [0.4, 0.5) is 0 Å². The Morgan fingerprint density at radius 2 is 0.800 bits per heavy atom. The molecule has 0 rings (SSSR count). The smallest absolute Gasteiger partial charge is 0.305 e. The van der Waals surface area contributed by atoms with Crippen molar-refractivity contribution in [1.82, 2.24) is 0 Å². The highest BCUT2D eigenvalue weighted by Crippen LogP contribution is 2.13. The topological polar surface area (TPSA) is 26.3 Å². The van der Waals surface area contributed by atoms with Crippen LogP contribution >= 0.6 is 0 Å². The SMILES string of the molecule is C.C.C.C.CC.CCCCCCCCCCCCCCCCCC(=O)OCCCC. The Balaban J connectivity index is -0.000000232. The molecule has 0 radical (unpaired) electrons. The molecule has 0 fully saturated rings. The largest absolute Gasteiger partial charge is 0.466 e. The van der Waals surface area contributed by atoms with Crippen LogP contribution in [0, 0.1) is 0 Å². The monoisotopic (exact) mass is 435 g/mol. The van der Waals surface area contributed by atoms with E-state index >= 15 is 0 Å². The van der Waals surface area contributed by atoms with Crippen LogP contribution in [-0.4, -0.2) is 12.6 Å². The minimum Gasteiger partial charge on any atom is -0.466 e. The van der Waals surface area contributed by atoms with Crippen molar-refractivity contribution in [3.05, 3.63) is 0 Å². The highest BCUT2D eigenvalue weighted by Gasteiger charge is 2.01. The Morgan fingerprint density at radius 1 is 0.500 bits per heavy atom. The second-order valence-electron chi connectivity index (χ2n) is 7.27. The zero-order chi connectivity index (χ0) is 19.7. The summed E-state index contributed by atoms with van der Waals surface area (Å²) in [6.45, 7) is 9.00. The predicted octanol–water partition coefficient (Wildman–Crippen LogP) is 11.2. The van der Waals surface area contributed by atoms with Crippen LogP contribution in [0.2, 0.25) is 0 Å². The highest BCUT2D eigenvalue weighted by atomic mass is 16.5. The molecule has 0 N–H and O–H groups in total. The normalized spacial score (nSPS) is 8.93. The van der Waals surface area contributed by atoms with Gasteiger partial charge in [0.2, 0.25) is 0 Å². The van der Waals surface area contributed by atoms with Crippen LogP contribution < -0.4 is 0 Å². The molecule has 0 heterocycles. The second-order valence-corrected chi connectivity index (χ2v) is 7.27. The van der Waals surface area contributed by atoms with Crippen LogP contribution in [0.5, 0.6) is 0 Å². The molecule has 0 saturated heterocycles. The lowest BCUT2D eigenvalue weighted by Crippen LogP contribution is -2.05. The van der Waals surface area contributed by atoms with Gasteiger partial charge in [0, 0.05) is 6.42 Å². The molecule has 2 heteroatoms. The molecule has 0 saturated carbocycles. The van der Waals surface area contributed by atoms with E-state index in [2.05, 4.69) is 13.8 Å². The third kappa shape index (κ3) is 41.8. The summed E-state index contributed by atoms with van der Waals surface area (Å²) >= 11 is 0. The molecule has 0 aliphatic rings. The lowest BCUT2D eigenvalue weighted by molar-refractivity contribution is -0.143. The maximum absolute atomic E-state index is 11.4. The van der Waals surface area contributed by atoms with Gasteiger partial charge in [0.15, 0.2) is 0 Å². The highest BCUT2D eigenvalue weighted by molar-refractivity contribution is 5.69. The molecule has 0 aliphatic carbocycles. The predicted molar refractivity (Wildman–Crippen MR) is 144 cm³/mol. The van der Waals surface area contributed by atoms with Gasteiger partial charge in [0.1, 0.15) is 0 Å². The lowest BCUT2D eigenvalue weighted by Gasteiger charge is -2.04. The molecule has 0 aromatic carbocycles. The molecule has 190 valence electrons. The number of hydrogen-bond acceptors (Lipinski definition) is 2. The van der Waals surface area contributed by atoms with E-state index in [0.717, 1.165) is 19.3 Å². The summed E-state index contributed by atoms with van der Waals surface area (Å²) < 4.78 is 5.16. The van der Waals surface area contributed by atoms with Crippen LogP contribution in [0.25, 0.3) is 0 Å². The Hall–Kier alpha value is -0.530. The average molecular weight is 435 g/mol. The molecular formula is C28H66O2. The van der Waals surface area contributed by atoms with Gasteiger partial charge >= 0.3 is 5.97 Å². The van der Waals surface area contributed by atoms with E-state index in [0.29, 0.717) is 13.0 Å². The Kier molecular flexibility index (Phi) is 61.5. The maximum Gasteiger partial charge on any atom is 0.305 e. The molecule has 0 aliphatic heterocycles. The van der Waals surface area contributed by atoms with Gasteiger partial charge in [0.25, 0.3) is 0 Å². The Labute approximate surface area is 195 Å². The summed E-state index contributed by atoms with van der Waals surface area (Å²) in [7, 11) is 0. The van der Waals surface area contributed by atoms with Gasteiger partial charge in [-0.3, -0.25) is 4.79 Å². The standard InChI is InChI=1S/C22H44O2.C2H6.4CH4/c1-3-5-7-8-9-10-11-12-13-14-15-16-17-18-19-20-22(23)24-21-6-4-2;1-2;;;;/h3-21H2,1-2H3;1-2H3;4*1H4. The first-order chi connectivity index (χ1) is 12.8. The van der Waals surface area contributed by atoms with E-state index in [1.807, 2.05) is 13.8 Å². The molecule has 0 amide bonds. The van der Waals surface area contributed by atoms with Crippen molar-refractivity contribution < 1.29 is 9.53 Å². The zero-order valence-electron chi connectivity index (χ0n) is 18.8. The van der Waals surface area contributed by atoms with E-state index in [9.17, 15) is 4.79 Å². The maximum atomic E-state index is 11.4. The first-order valence-electron chi connectivity index (χ1n) is 12.0. The van der Waals surface area contributed by atoms with E-state index < -0.39 is 0 Å². The Bertz CT molecular complexity index is 251. The van der Waals surface area contributed by atoms with Crippen molar-refractivity contribution in [3.8, 4) is 0 Å². The third-order valence-corrected chi connectivity index (χ3v) is 4.75. The fourth-order valence-electron chi connectivity index (χ4n) is 3.04. The van der Waals surface area contributed by atoms with Gasteiger partial charge in [-0.25, -0.2) is 0 Å². The summed E-state index contributed by atoms with van der Waals surface area (Å²) in [4.78, 5) is 11.4. The summed E-state index contributed by atoms with van der Waals surface area (Å²) in [6.07, 6.45) is 23.1. The van der Waals surface area contributed by atoms with Crippen LogP contribution in [0.3, 0.4) is 0 Å². The first-order valence-corrected chi connectivity index (χ1v) is 12.0. The minimum absolute atomic E-state index is 0. The lowest BCUT2D eigenvalue weighted by atomic mass is 10.0. The number of unbranched alkanes of at least 4 members (excludes halogenated alkanes) is 15. The molecule has 2 nitrogen and oxygen atoms in total. The van der Waals surface area contributed by atoms with Crippen molar-refractivity contribution in [3.63, 3.8) is 0 Å². The van der Waals surface area contributed by atoms with E-state index in [4.69, 9.17) is 4.74 Å². The number of carbonyl (C=O) groups excluding carboxylic acids is 1. The number of carbonyl (C=O) groups is 1. The van der Waals surface area contributed by atoms with Crippen LogP contribution in [-0.2, 0) is 9.53 Å². The van der Waals surface area contributed by atoms with Crippen molar-refractivity contribution in [2.75, 3.05) is 6.61 Å². The van der Waals surface area contributed by atoms with E-state index in [1.165, 1.54) is 89.9 Å². The molecule has 0 aromatic rings. The fraction of sp³-hybridized carbons (Fsp3) is 0.964. The first kappa shape index (κ1) is 43.4.